The van der Waals surface area contributed by atoms with Gasteiger partial charge in [-0.1, -0.05) is 156 Å². The molecule has 0 saturated carbocycles. The second kappa shape index (κ2) is 19.1. The highest BCUT2D eigenvalue weighted by Gasteiger charge is 2.49. The van der Waals surface area contributed by atoms with E-state index in [0.29, 0.717) is 11.1 Å². The first-order valence-corrected chi connectivity index (χ1v) is 27.6. The van der Waals surface area contributed by atoms with Crippen LogP contribution in [0.5, 0.6) is 0 Å². The number of fused-ring (bicyclic) bond motifs is 7. The van der Waals surface area contributed by atoms with Crippen LogP contribution in [-0.2, 0) is 10.8 Å². The highest BCUT2D eigenvalue weighted by molar-refractivity contribution is 7.30. The summed E-state index contributed by atoms with van der Waals surface area (Å²) in [4.78, 5) is 42.2. The summed E-state index contributed by atoms with van der Waals surface area (Å²) in [6.45, 7) is 17.6. The molecule has 61 heavy (non-hydrogen) atoms. The summed E-state index contributed by atoms with van der Waals surface area (Å²) in [6, 6.07) is 9.81. The topological polar surface area (TPSA) is 37.4 Å². The summed E-state index contributed by atoms with van der Waals surface area (Å²) in [7, 11) is 1.67. The van der Waals surface area contributed by atoms with Gasteiger partial charge in [0.2, 0.25) is 0 Å². The van der Waals surface area contributed by atoms with Crippen LogP contribution in [0.1, 0.15) is 209 Å². The van der Waals surface area contributed by atoms with Crippen LogP contribution >= 0.6 is 56.7 Å². The maximum absolute atomic E-state index is 14.3. The molecule has 0 aromatic carbocycles. The van der Waals surface area contributed by atoms with Gasteiger partial charge in [0, 0.05) is 56.9 Å². The molecule has 1 aliphatic heterocycles. The van der Waals surface area contributed by atoms with E-state index >= 15 is 0 Å². The zero-order valence-corrected chi connectivity index (χ0v) is 41.4. The minimum Gasteiger partial charge on any atom is -0.277 e. The van der Waals surface area contributed by atoms with E-state index in [1.165, 1.54) is 159 Å². The fourth-order valence-electron chi connectivity index (χ4n) is 10.8. The zero-order chi connectivity index (χ0) is 42.9. The number of imide groups is 1. The molecule has 8 rings (SSSR count). The largest absolute Gasteiger partial charge is 0.277 e. The summed E-state index contributed by atoms with van der Waals surface area (Å²) in [5.41, 5.74) is 7.09. The highest BCUT2D eigenvalue weighted by Crippen LogP contribution is 2.64. The molecule has 5 aromatic rings. The van der Waals surface area contributed by atoms with Crippen molar-refractivity contribution < 1.29 is 9.59 Å². The molecule has 0 unspecified atom stereocenters. The van der Waals surface area contributed by atoms with Crippen LogP contribution in [0, 0.1) is 0 Å². The first-order valence-electron chi connectivity index (χ1n) is 23.5. The van der Waals surface area contributed by atoms with Crippen LogP contribution in [0.3, 0.4) is 0 Å². The van der Waals surface area contributed by atoms with E-state index in [-0.39, 0.29) is 22.6 Å². The predicted octanol–water partition coefficient (Wildman–Crippen LogP) is 18.3. The standard InChI is InChI=1S/C53H65NO2S5/c1-8-14-18-22-26-52(27-23-19-15-9-2)36-30-34(12-5)57-44(36)46-38(52)32-40(59-46)48-42-43(51(56)54(7)50(42)55)49(61-48)41-33-39-47(60-41)45-37(31-35(13-6)58-45)53(39,28-24-20-16-10-3)29-25-21-17-11-4/h12-13,30-33H,5-6,8-11,14-29H2,1-4,7H3. The molecule has 0 spiro atoms. The molecule has 0 radical (unpaired) electrons. The third kappa shape index (κ3) is 7.80. The van der Waals surface area contributed by atoms with Crippen molar-refractivity contribution in [2.45, 2.75) is 167 Å². The Morgan fingerprint density at radius 1 is 0.459 bits per heavy atom. The lowest BCUT2D eigenvalue weighted by Gasteiger charge is -2.31. The summed E-state index contributed by atoms with van der Waals surface area (Å²) in [6.07, 6.45) is 28.5. The Labute approximate surface area is 386 Å². The number of amides is 2. The molecule has 2 aliphatic carbocycles. The van der Waals surface area contributed by atoms with Crippen LogP contribution in [0.15, 0.2) is 37.4 Å². The number of carbonyl (C=O) groups excluding carboxylic acids is 2. The fourth-order valence-corrected chi connectivity index (χ4v) is 17.3. The van der Waals surface area contributed by atoms with Crippen molar-refractivity contribution in [1.82, 2.24) is 4.90 Å². The highest BCUT2D eigenvalue weighted by atomic mass is 32.1. The molecule has 6 heterocycles. The third-order valence-corrected chi connectivity index (χ3v) is 20.5. The van der Waals surface area contributed by atoms with Crippen molar-refractivity contribution in [3.8, 4) is 39.0 Å². The Balaban J connectivity index is 1.26. The number of unbranched alkanes of at least 4 members (excludes halogenated alkanes) is 12. The fraction of sp³-hybridized carbons (Fsp3) is 0.509. The Bertz CT molecular complexity index is 2220. The summed E-state index contributed by atoms with van der Waals surface area (Å²) in [5.74, 6) is -0.327. The quantitative estimate of drug-likeness (QED) is 0.0457. The van der Waals surface area contributed by atoms with Gasteiger partial charge in [-0.05, 0) is 72.2 Å². The monoisotopic (exact) mass is 907 g/mol. The number of carbonyl (C=O) groups is 2. The van der Waals surface area contributed by atoms with Gasteiger partial charge in [0.15, 0.2) is 0 Å². The molecular formula is C53H65NO2S5. The second-order valence-corrected chi connectivity index (χ2v) is 23.3. The Morgan fingerprint density at radius 3 is 1.11 bits per heavy atom. The molecule has 324 valence electrons. The normalized spacial score (nSPS) is 15.4. The Kier molecular flexibility index (Phi) is 14.0. The third-order valence-electron chi connectivity index (χ3n) is 14.1. The van der Waals surface area contributed by atoms with Crippen molar-refractivity contribution in [3.63, 3.8) is 0 Å². The van der Waals surface area contributed by atoms with Gasteiger partial charge in [0.1, 0.15) is 0 Å². The molecule has 5 aromatic heterocycles. The van der Waals surface area contributed by atoms with E-state index in [1.807, 2.05) is 57.5 Å². The molecule has 3 nitrogen and oxygen atoms in total. The van der Waals surface area contributed by atoms with E-state index in [2.05, 4.69) is 65.1 Å². The molecule has 3 aliphatic rings. The van der Waals surface area contributed by atoms with Crippen molar-refractivity contribution in [2.24, 2.45) is 0 Å². The van der Waals surface area contributed by atoms with Gasteiger partial charge in [-0.3, -0.25) is 14.5 Å². The van der Waals surface area contributed by atoms with Crippen molar-refractivity contribution in [3.05, 3.63) is 80.6 Å². The molecule has 0 atom stereocenters. The van der Waals surface area contributed by atoms with E-state index in [9.17, 15) is 9.59 Å². The molecule has 0 saturated heterocycles. The summed E-state index contributed by atoms with van der Waals surface area (Å²) < 4.78 is 0. The van der Waals surface area contributed by atoms with Crippen molar-refractivity contribution >= 4 is 80.7 Å². The van der Waals surface area contributed by atoms with Crippen LogP contribution < -0.4 is 0 Å². The molecule has 0 fully saturated rings. The number of hydrogen-bond acceptors (Lipinski definition) is 7. The van der Waals surface area contributed by atoms with Gasteiger partial charge in [-0.2, -0.15) is 0 Å². The minimum atomic E-state index is -0.163. The minimum absolute atomic E-state index is 0.0343. The number of thiophene rings is 5. The van der Waals surface area contributed by atoms with Gasteiger partial charge in [0.05, 0.1) is 20.9 Å². The van der Waals surface area contributed by atoms with Crippen molar-refractivity contribution in [2.75, 3.05) is 7.05 Å². The van der Waals surface area contributed by atoms with Crippen LogP contribution in [0.25, 0.3) is 51.2 Å². The maximum atomic E-state index is 14.3. The smallest absolute Gasteiger partial charge is 0.262 e. The van der Waals surface area contributed by atoms with Crippen LogP contribution in [0.4, 0.5) is 0 Å². The SMILES string of the molecule is C=Cc1cc2c(s1)-c1sc(-c3sc(-c4cc5c(s4)-c4sc(C=C)cc4C5(CCCCCC)CCCCCC)c4c3C(=O)N(C)C4=O)cc1C2(CCCCCC)CCCCCC. The van der Waals surface area contributed by atoms with E-state index in [1.54, 1.807) is 18.4 Å². The van der Waals surface area contributed by atoms with Crippen LogP contribution in [-0.4, -0.2) is 23.8 Å². The summed E-state index contributed by atoms with van der Waals surface area (Å²) in [5, 5.41) is 0. The molecule has 0 N–H and O–H groups in total. The van der Waals surface area contributed by atoms with Gasteiger partial charge < -0.3 is 0 Å². The molecule has 0 bridgehead atoms. The molecule has 8 heteroatoms. The van der Waals surface area contributed by atoms with Gasteiger partial charge in [-0.15, -0.1) is 56.7 Å². The number of rotatable bonds is 24. The average molecular weight is 908 g/mol. The van der Waals surface area contributed by atoms with Gasteiger partial charge in [0.25, 0.3) is 11.8 Å². The number of nitrogens with zero attached hydrogens (tertiary/aromatic N) is 1. The lowest BCUT2D eigenvalue weighted by atomic mass is 9.71. The van der Waals surface area contributed by atoms with E-state index in [0.717, 1.165) is 45.2 Å². The molecular weight excluding hydrogens is 843 g/mol. The first kappa shape index (κ1) is 44.7. The van der Waals surface area contributed by atoms with Crippen molar-refractivity contribution in [1.29, 1.82) is 0 Å². The average Bonchev–Trinajstić information content (AvgIpc) is 4.14. The Morgan fingerprint density at radius 2 is 0.787 bits per heavy atom. The maximum Gasteiger partial charge on any atom is 0.262 e. The zero-order valence-electron chi connectivity index (χ0n) is 37.3. The van der Waals surface area contributed by atoms with Gasteiger partial charge >= 0.3 is 0 Å². The van der Waals surface area contributed by atoms with Gasteiger partial charge in [-0.25, -0.2) is 0 Å². The molecule has 2 amide bonds. The first-order chi connectivity index (χ1) is 29.7. The lowest BCUT2D eigenvalue weighted by molar-refractivity contribution is 0.0693. The van der Waals surface area contributed by atoms with Crippen LogP contribution in [0.2, 0.25) is 0 Å². The van der Waals surface area contributed by atoms with E-state index < -0.39 is 0 Å². The second-order valence-electron chi connectivity index (χ2n) is 18.0. The lowest BCUT2D eigenvalue weighted by Crippen LogP contribution is -2.25. The number of hydrogen-bond donors (Lipinski definition) is 0. The Hall–Kier alpha value is -2.88. The summed E-state index contributed by atoms with van der Waals surface area (Å²) >= 11 is 9.17. The van der Waals surface area contributed by atoms with E-state index in [4.69, 9.17) is 0 Å². The predicted molar refractivity (Wildman–Crippen MR) is 271 cm³/mol.